The Hall–Kier alpha value is -1.85. The van der Waals surface area contributed by atoms with E-state index in [1.807, 2.05) is 29.6 Å². The van der Waals surface area contributed by atoms with Crippen LogP contribution >= 0.6 is 11.3 Å². The number of rotatable bonds is 4. The van der Waals surface area contributed by atoms with E-state index in [4.69, 9.17) is 0 Å². The van der Waals surface area contributed by atoms with E-state index >= 15 is 0 Å². The lowest BCUT2D eigenvalue weighted by atomic mass is 10.2. The summed E-state index contributed by atoms with van der Waals surface area (Å²) in [5.41, 5.74) is 2.06. The first-order chi connectivity index (χ1) is 10.6. The Balaban J connectivity index is 1.62. The van der Waals surface area contributed by atoms with Gasteiger partial charge in [0.2, 0.25) is 0 Å². The fourth-order valence-electron chi connectivity index (χ4n) is 2.75. The lowest BCUT2D eigenvalue weighted by Gasteiger charge is -2.22. The van der Waals surface area contributed by atoms with E-state index in [2.05, 4.69) is 41.3 Å². The van der Waals surface area contributed by atoms with Gasteiger partial charge in [0, 0.05) is 30.5 Å². The highest BCUT2D eigenvalue weighted by atomic mass is 32.1. The summed E-state index contributed by atoms with van der Waals surface area (Å²) in [5.74, 6) is -0.0448. The zero-order valence-corrected chi connectivity index (χ0v) is 13.8. The first kappa shape index (κ1) is 15.1. The van der Waals surface area contributed by atoms with Gasteiger partial charge in [-0.15, -0.1) is 11.3 Å². The molecule has 0 aliphatic carbocycles. The molecule has 1 N–H and O–H groups in total. The van der Waals surface area contributed by atoms with Gasteiger partial charge in [-0.1, -0.05) is 6.07 Å². The number of thiophene rings is 1. The molecular weight excluding hydrogens is 294 g/mol. The van der Waals surface area contributed by atoms with Crippen LogP contribution < -0.4 is 10.2 Å². The second-order valence-corrected chi connectivity index (χ2v) is 6.78. The highest BCUT2D eigenvalue weighted by molar-refractivity contribution is 7.12. The third kappa shape index (κ3) is 3.31. The van der Waals surface area contributed by atoms with Gasteiger partial charge in [-0.05, 0) is 56.2 Å². The molecule has 1 aliphatic rings. The van der Waals surface area contributed by atoms with Gasteiger partial charge in [-0.3, -0.25) is 4.79 Å². The quantitative estimate of drug-likeness (QED) is 0.941. The van der Waals surface area contributed by atoms with Gasteiger partial charge in [0.25, 0.3) is 5.91 Å². The van der Waals surface area contributed by atoms with Crippen LogP contribution in [0.25, 0.3) is 0 Å². The zero-order valence-electron chi connectivity index (χ0n) is 13.0. The number of likely N-dealkylation sites (N-methyl/N-ethyl adjacent to an activating group) is 1. The molecule has 22 heavy (non-hydrogen) atoms. The molecule has 0 spiro atoms. The van der Waals surface area contributed by atoms with Crippen molar-refractivity contribution in [1.82, 2.24) is 4.90 Å². The lowest BCUT2D eigenvalue weighted by Crippen LogP contribution is -2.31. The maximum Gasteiger partial charge on any atom is 0.265 e. The van der Waals surface area contributed by atoms with Crippen molar-refractivity contribution in [3.05, 3.63) is 46.7 Å². The van der Waals surface area contributed by atoms with Crippen molar-refractivity contribution in [2.75, 3.05) is 37.4 Å². The van der Waals surface area contributed by atoms with E-state index < -0.39 is 0 Å². The predicted octanol–water partition coefficient (Wildman–Crippen LogP) is 3.14. The largest absolute Gasteiger partial charge is 0.370 e. The van der Waals surface area contributed by atoms with E-state index in [1.54, 1.807) is 0 Å². The number of carbonyl (C=O) groups is 1. The lowest BCUT2D eigenvalue weighted by molar-refractivity contribution is 0.103. The van der Waals surface area contributed by atoms with Crippen molar-refractivity contribution >= 4 is 28.6 Å². The molecule has 1 unspecified atom stereocenters. The maximum absolute atomic E-state index is 12.0. The fourth-order valence-corrected chi connectivity index (χ4v) is 3.37. The molecule has 1 fully saturated rings. The highest BCUT2D eigenvalue weighted by Crippen LogP contribution is 2.24. The molecular formula is C17H21N3OS. The molecule has 2 heterocycles. The number of nitrogens with one attached hydrogen (secondary N) is 1. The van der Waals surface area contributed by atoms with Gasteiger partial charge in [-0.2, -0.15) is 0 Å². The summed E-state index contributed by atoms with van der Waals surface area (Å²) in [4.78, 5) is 17.4. The standard InChI is InChI=1S/C17H21N3OS/c1-19(2)15-9-10-20(12-15)14-7-5-13(6-8-14)18-17(21)16-4-3-11-22-16/h3-8,11,15H,9-10,12H2,1-2H3,(H,18,21). The van der Waals surface area contributed by atoms with Crippen LogP contribution in [-0.4, -0.2) is 44.0 Å². The minimum Gasteiger partial charge on any atom is -0.370 e. The first-order valence-corrected chi connectivity index (χ1v) is 8.38. The number of hydrogen-bond donors (Lipinski definition) is 1. The Morgan fingerprint density at radius 3 is 2.64 bits per heavy atom. The Kier molecular flexibility index (Phi) is 4.45. The second kappa shape index (κ2) is 6.50. The van der Waals surface area contributed by atoms with E-state index in [9.17, 15) is 4.79 Å². The van der Waals surface area contributed by atoms with Gasteiger partial charge < -0.3 is 15.1 Å². The molecule has 0 saturated carbocycles. The van der Waals surface area contributed by atoms with Crippen LogP contribution in [-0.2, 0) is 0 Å². The predicted molar refractivity (Wildman–Crippen MR) is 93.0 cm³/mol. The molecule has 4 nitrogen and oxygen atoms in total. The smallest absolute Gasteiger partial charge is 0.265 e. The average molecular weight is 315 g/mol. The number of benzene rings is 1. The molecule has 1 amide bonds. The Labute approximate surface area is 135 Å². The van der Waals surface area contributed by atoms with Gasteiger partial charge in [0.15, 0.2) is 0 Å². The van der Waals surface area contributed by atoms with Crippen molar-refractivity contribution in [1.29, 1.82) is 0 Å². The third-order valence-corrected chi connectivity index (χ3v) is 5.00. The summed E-state index contributed by atoms with van der Waals surface area (Å²) >= 11 is 1.45. The monoisotopic (exact) mass is 315 g/mol. The minimum absolute atomic E-state index is 0.0448. The fraction of sp³-hybridized carbons (Fsp3) is 0.353. The summed E-state index contributed by atoms with van der Waals surface area (Å²) in [6, 6.07) is 12.5. The van der Waals surface area contributed by atoms with Gasteiger partial charge in [0.05, 0.1) is 4.88 Å². The zero-order chi connectivity index (χ0) is 15.5. The summed E-state index contributed by atoms with van der Waals surface area (Å²) < 4.78 is 0. The van der Waals surface area contributed by atoms with Crippen LogP contribution in [0, 0.1) is 0 Å². The number of hydrogen-bond acceptors (Lipinski definition) is 4. The summed E-state index contributed by atoms with van der Waals surface area (Å²) in [6.45, 7) is 2.15. The molecule has 0 bridgehead atoms. The number of carbonyl (C=O) groups excluding carboxylic acids is 1. The van der Waals surface area contributed by atoms with Crippen molar-refractivity contribution < 1.29 is 4.79 Å². The summed E-state index contributed by atoms with van der Waals surface area (Å²) in [5, 5.41) is 4.84. The van der Waals surface area contributed by atoms with Gasteiger partial charge >= 0.3 is 0 Å². The van der Waals surface area contributed by atoms with Crippen LogP contribution in [0.3, 0.4) is 0 Å². The third-order valence-electron chi connectivity index (χ3n) is 4.13. The van der Waals surface area contributed by atoms with E-state index in [-0.39, 0.29) is 5.91 Å². The molecule has 0 radical (unpaired) electrons. The molecule has 1 aromatic carbocycles. The van der Waals surface area contributed by atoms with E-state index in [0.29, 0.717) is 6.04 Å². The number of amides is 1. The van der Waals surface area contributed by atoms with Crippen LogP contribution in [0.15, 0.2) is 41.8 Å². The van der Waals surface area contributed by atoms with Crippen molar-refractivity contribution in [3.63, 3.8) is 0 Å². The van der Waals surface area contributed by atoms with Crippen LogP contribution in [0.1, 0.15) is 16.1 Å². The summed E-state index contributed by atoms with van der Waals surface area (Å²) in [7, 11) is 4.27. The SMILES string of the molecule is CN(C)C1CCN(c2ccc(NC(=O)c3cccs3)cc2)C1. The normalized spacial score (nSPS) is 18.0. The molecule has 3 rings (SSSR count). The Morgan fingerprint density at radius 1 is 1.27 bits per heavy atom. The molecule has 1 aliphatic heterocycles. The molecule has 1 saturated heterocycles. The molecule has 5 heteroatoms. The van der Waals surface area contributed by atoms with Crippen LogP contribution in [0.4, 0.5) is 11.4 Å². The number of nitrogens with zero attached hydrogens (tertiary/aromatic N) is 2. The Bertz CT molecular complexity index is 622. The maximum atomic E-state index is 12.0. The molecule has 116 valence electrons. The molecule has 2 aromatic rings. The number of anilines is 2. The summed E-state index contributed by atoms with van der Waals surface area (Å²) in [6.07, 6.45) is 1.20. The van der Waals surface area contributed by atoms with Gasteiger partial charge in [-0.25, -0.2) is 0 Å². The van der Waals surface area contributed by atoms with Crippen LogP contribution in [0.2, 0.25) is 0 Å². The Morgan fingerprint density at radius 2 is 2.05 bits per heavy atom. The van der Waals surface area contributed by atoms with Crippen molar-refractivity contribution in [2.45, 2.75) is 12.5 Å². The van der Waals surface area contributed by atoms with E-state index in [0.717, 1.165) is 23.7 Å². The van der Waals surface area contributed by atoms with Crippen molar-refractivity contribution in [3.8, 4) is 0 Å². The van der Waals surface area contributed by atoms with E-state index in [1.165, 1.54) is 23.4 Å². The topological polar surface area (TPSA) is 35.6 Å². The second-order valence-electron chi connectivity index (χ2n) is 5.83. The van der Waals surface area contributed by atoms with Crippen molar-refractivity contribution in [2.24, 2.45) is 0 Å². The van der Waals surface area contributed by atoms with Gasteiger partial charge in [0.1, 0.15) is 0 Å². The minimum atomic E-state index is -0.0448. The average Bonchev–Trinajstić information content (AvgIpc) is 3.20. The molecule has 1 atom stereocenters. The van der Waals surface area contributed by atoms with Crippen LogP contribution in [0.5, 0.6) is 0 Å². The first-order valence-electron chi connectivity index (χ1n) is 7.50. The molecule has 1 aromatic heterocycles. The highest BCUT2D eigenvalue weighted by Gasteiger charge is 2.23.